The molecule has 0 bridgehead atoms. The third-order valence-electron chi connectivity index (χ3n) is 4.49. The summed E-state index contributed by atoms with van der Waals surface area (Å²) in [6.07, 6.45) is 2.39. The van der Waals surface area contributed by atoms with E-state index in [1.165, 1.54) is 0 Å². The van der Waals surface area contributed by atoms with E-state index in [1.54, 1.807) is 30.3 Å². The molecule has 1 aliphatic carbocycles. The largest absolute Gasteiger partial charge is 0.486 e. The Hall–Kier alpha value is -2.27. The Morgan fingerprint density at radius 2 is 2.00 bits per heavy atom. The van der Waals surface area contributed by atoms with Crippen LogP contribution in [-0.4, -0.2) is 31.2 Å². The Morgan fingerprint density at radius 1 is 1.21 bits per heavy atom. The molecule has 1 aromatic carbocycles. The maximum Gasteiger partial charge on any atom is 0.231 e. The van der Waals surface area contributed by atoms with Crippen LogP contribution in [0.5, 0.6) is 11.5 Å². The van der Waals surface area contributed by atoms with Gasteiger partial charge in [-0.2, -0.15) is 0 Å². The smallest absolute Gasteiger partial charge is 0.231 e. The topological polar surface area (TPSA) is 51.7 Å². The molecule has 2 aromatic rings. The Bertz CT molecular complexity index is 778. The number of ether oxygens (including phenoxy) is 2. The van der Waals surface area contributed by atoms with Crippen LogP contribution in [0.4, 0.5) is 5.82 Å². The molecule has 2 atom stereocenters. The van der Waals surface area contributed by atoms with Gasteiger partial charge in [0.2, 0.25) is 5.91 Å². The van der Waals surface area contributed by atoms with E-state index in [0.29, 0.717) is 24.1 Å². The van der Waals surface area contributed by atoms with Crippen molar-refractivity contribution < 1.29 is 14.3 Å². The molecule has 1 amide bonds. The summed E-state index contributed by atoms with van der Waals surface area (Å²) in [5, 5.41) is 0.556. The van der Waals surface area contributed by atoms with E-state index in [2.05, 4.69) is 4.98 Å². The fourth-order valence-electron chi connectivity index (χ4n) is 3.05. The molecule has 0 radical (unpaired) electrons. The quantitative estimate of drug-likeness (QED) is 0.857. The van der Waals surface area contributed by atoms with Crippen molar-refractivity contribution in [2.45, 2.75) is 12.3 Å². The van der Waals surface area contributed by atoms with Crippen molar-refractivity contribution >= 4 is 23.3 Å². The molecule has 2 heterocycles. The number of nitrogens with zero attached hydrogens (tertiary/aromatic N) is 2. The SMILES string of the molecule is CN(C(=O)[C@H]1C[C@H]1c1ccc2c(c1)OCCO2)c1ccc(Cl)cn1. The van der Waals surface area contributed by atoms with Crippen LogP contribution in [0.25, 0.3) is 0 Å². The highest BCUT2D eigenvalue weighted by molar-refractivity contribution is 6.30. The molecule has 4 rings (SSSR count). The van der Waals surface area contributed by atoms with Gasteiger partial charge in [0.05, 0.1) is 5.02 Å². The van der Waals surface area contributed by atoms with E-state index < -0.39 is 0 Å². The maximum atomic E-state index is 12.7. The molecule has 0 spiro atoms. The third-order valence-corrected chi connectivity index (χ3v) is 4.71. The van der Waals surface area contributed by atoms with Crippen molar-refractivity contribution in [2.75, 3.05) is 25.2 Å². The number of hydrogen-bond acceptors (Lipinski definition) is 4. The minimum absolute atomic E-state index is 0.0185. The second kappa shape index (κ2) is 5.98. The summed E-state index contributed by atoms with van der Waals surface area (Å²) < 4.78 is 11.2. The number of benzene rings is 1. The van der Waals surface area contributed by atoms with E-state index >= 15 is 0 Å². The van der Waals surface area contributed by atoms with Crippen molar-refractivity contribution in [3.8, 4) is 11.5 Å². The molecule has 0 saturated heterocycles. The lowest BCUT2D eigenvalue weighted by molar-refractivity contribution is -0.119. The van der Waals surface area contributed by atoms with Crippen molar-refractivity contribution in [3.63, 3.8) is 0 Å². The number of hydrogen-bond donors (Lipinski definition) is 0. The first-order valence-corrected chi connectivity index (χ1v) is 8.30. The monoisotopic (exact) mass is 344 g/mol. The molecule has 6 heteroatoms. The lowest BCUT2D eigenvalue weighted by atomic mass is 10.1. The molecule has 24 heavy (non-hydrogen) atoms. The fraction of sp³-hybridized carbons (Fsp3) is 0.333. The van der Waals surface area contributed by atoms with Crippen LogP contribution in [0.3, 0.4) is 0 Å². The Morgan fingerprint density at radius 3 is 2.75 bits per heavy atom. The Labute approximate surface area is 145 Å². The van der Waals surface area contributed by atoms with Gasteiger partial charge >= 0.3 is 0 Å². The van der Waals surface area contributed by atoms with Crippen LogP contribution >= 0.6 is 11.6 Å². The van der Waals surface area contributed by atoms with Crippen molar-refractivity contribution in [1.82, 2.24) is 4.98 Å². The van der Waals surface area contributed by atoms with Gasteiger partial charge in [-0.25, -0.2) is 4.98 Å². The van der Waals surface area contributed by atoms with Gasteiger partial charge < -0.3 is 9.47 Å². The number of fused-ring (bicyclic) bond motifs is 1. The summed E-state index contributed by atoms with van der Waals surface area (Å²) >= 11 is 5.84. The van der Waals surface area contributed by atoms with Gasteiger partial charge in [0, 0.05) is 19.2 Å². The zero-order chi connectivity index (χ0) is 16.7. The number of anilines is 1. The van der Waals surface area contributed by atoms with Crippen molar-refractivity contribution in [3.05, 3.63) is 47.1 Å². The molecular formula is C18H17ClN2O3. The number of carbonyl (C=O) groups excluding carboxylic acids is 1. The molecule has 2 aliphatic rings. The number of aromatic nitrogens is 1. The first kappa shape index (κ1) is 15.3. The Balaban J connectivity index is 1.47. The molecule has 1 aliphatic heterocycles. The van der Waals surface area contributed by atoms with Gasteiger partial charge in [0.15, 0.2) is 11.5 Å². The summed E-state index contributed by atoms with van der Waals surface area (Å²) in [4.78, 5) is 18.5. The first-order chi connectivity index (χ1) is 11.6. The van der Waals surface area contributed by atoms with Gasteiger partial charge in [0.25, 0.3) is 0 Å². The van der Waals surface area contributed by atoms with E-state index in [1.807, 2.05) is 18.2 Å². The number of amides is 1. The van der Waals surface area contributed by atoms with Crippen LogP contribution in [0.15, 0.2) is 36.5 Å². The van der Waals surface area contributed by atoms with Crippen molar-refractivity contribution in [1.29, 1.82) is 0 Å². The van der Waals surface area contributed by atoms with Crippen LogP contribution in [0.1, 0.15) is 17.9 Å². The molecule has 0 unspecified atom stereocenters. The third kappa shape index (κ3) is 2.80. The van der Waals surface area contributed by atoms with Crippen LogP contribution in [0.2, 0.25) is 5.02 Å². The minimum Gasteiger partial charge on any atom is -0.486 e. The standard InChI is InChI=1S/C18H17ClN2O3/c1-21(17-5-3-12(19)10-20-17)18(22)14-9-13(14)11-2-4-15-16(8-11)24-7-6-23-15/h2-5,8,10,13-14H,6-7,9H2,1H3/t13-,14-/m0/s1. The predicted octanol–water partition coefficient (Wildman–Crippen LogP) is 3.27. The molecule has 0 N–H and O–H groups in total. The first-order valence-electron chi connectivity index (χ1n) is 7.92. The second-order valence-corrected chi connectivity index (χ2v) is 6.52. The minimum atomic E-state index is -0.0185. The number of halogens is 1. The average molecular weight is 345 g/mol. The highest BCUT2D eigenvalue weighted by Gasteiger charge is 2.45. The summed E-state index contributed by atoms with van der Waals surface area (Å²) in [6.45, 7) is 1.14. The second-order valence-electron chi connectivity index (χ2n) is 6.08. The van der Waals surface area contributed by atoms with Crippen molar-refractivity contribution in [2.24, 2.45) is 5.92 Å². The van der Waals surface area contributed by atoms with Gasteiger partial charge in [-0.15, -0.1) is 0 Å². The number of carbonyl (C=O) groups is 1. The van der Waals surface area contributed by atoms with E-state index in [0.717, 1.165) is 23.5 Å². The molecule has 1 aromatic heterocycles. The lowest BCUT2D eigenvalue weighted by Crippen LogP contribution is -2.28. The number of pyridine rings is 1. The normalized spacial score (nSPS) is 21.2. The van der Waals surface area contributed by atoms with Crippen LogP contribution in [-0.2, 0) is 4.79 Å². The zero-order valence-corrected chi connectivity index (χ0v) is 14.0. The summed E-state index contributed by atoms with van der Waals surface area (Å²) in [7, 11) is 1.75. The van der Waals surface area contributed by atoms with Gasteiger partial charge in [-0.1, -0.05) is 17.7 Å². The van der Waals surface area contributed by atoms with E-state index in [9.17, 15) is 4.79 Å². The van der Waals surface area contributed by atoms with Gasteiger partial charge in [-0.3, -0.25) is 9.69 Å². The molecule has 1 saturated carbocycles. The summed E-state index contributed by atoms with van der Waals surface area (Å²) in [5.41, 5.74) is 1.12. The van der Waals surface area contributed by atoms with E-state index in [-0.39, 0.29) is 17.7 Å². The summed E-state index contributed by atoms with van der Waals surface area (Å²) in [5.74, 6) is 2.43. The highest BCUT2D eigenvalue weighted by Crippen LogP contribution is 2.50. The van der Waals surface area contributed by atoms with Crippen LogP contribution < -0.4 is 14.4 Å². The molecule has 5 nitrogen and oxygen atoms in total. The van der Waals surface area contributed by atoms with E-state index in [4.69, 9.17) is 21.1 Å². The molecule has 1 fully saturated rings. The van der Waals surface area contributed by atoms with Gasteiger partial charge in [0.1, 0.15) is 19.0 Å². The van der Waals surface area contributed by atoms with Crippen LogP contribution in [0, 0.1) is 5.92 Å². The molecule has 124 valence electrons. The predicted molar refractivity (Wildman–Crippen MR) is 90.9 cm³/mol. The highest BCUT2D eigenvalue weighted by atomic mass is 35.5. The zero-order valence-electron chi connectivity index (χ0n) is 13.2. The van der Waals surface area contributed by atoms with Gasteiger partial charge in [-0.05, 0) is 42.2 Å². The summed E-state index contributed by atoms with van der Waals surface area (Å²) in [6, 6.07) is 9.42. The Kier molecular flexibility index (Phi) is 3.81. The maximum absolute atomic E-state index is 12.7. The average Bonchev–Trinajstić information content (AvgIpc) is 3.41. The fourth-order valence-corrected chi connectivity index (χ4v) is 3.17. The number of rotatable bonds is 3. The lowest BCUT2D eigenvalue weighted by Gasteiger charge is -2.19. The molecular weight excluding hydrogens is 328 g/mol.